The number of nitrogens with zero attached hydrogens (tertiary/aromatic N) is 3. The van der Waals surface area contributed by atoms with E-state index in [0.29, 0.717) is 24.4 Å². The number of carbonyl (C=O) groups is 1. The fourth-order valence-corrected chi connectivity index (χ4v) is 4.37. The van der Waals surface area contributed by atoms with Gasteiger partial charge in [0.2, 0.25) is 5.89 Å². The molecule has 2 aromatic rings. The highest BCUT2D eigenvalue weighted by atomic mass is 16.6. The first-order valence-corrected chi connectivity index (χ1v) is 11.1. The molecule has 1 amide bonds. The molecule has 2 heterocycles. The fraction of sp³-hybridized carbons (Fsp3) is 0.609. The largest absolute Gasteiger partial charge is 0.444 e. The first kappa shape index (κ1) is 21.8. The zero-order valence-electron chi connectivity index (χ0n) is 18.5. The summed E-state index contributed by atoms with van der Waals surface area (Å²) in [6.07, 6.45) is 4.40. The van der Waals surface area contributed by atoms with Gasteiger partial charge in [-0.25, -0.2) is 4.79 Å². The summed E-state index contributed by atoms with van der Waals surface area (Å²) in [6, 6.07) is 9.50. The molecule has 1 aromatic heterocycles. The van der Waals surface area contributed by atoms with E-state index in [4.69, 9.17) is 19.0 Å². The zero-order chi connectivity index (χ0) is 21.8. The van der Waals surface area contributed by atoms with Crippen molar-refractivity contribution in [2.24, 2.45) is 0 Å². The third-order valence-corrected chi connectivity index (χ3v) is 5.76. The van der Waals surface area contributed by atoms with Crippen LogP contribution in [-0.2, 0) is 9.47 Å². The quantitative estimate of drug-likeness (QED) is 0.770. The number of morpholine rings is 1. The molecule has 168 valence electrons. The van der Waals surface area contributed by atoms with Gasteiger partial charge in [0.15, 0.2) is 5.82 Å². The number of rotatable bonds is 5. The van der Waals surface area contributed by atoms with E-state index in [9.17, 15) is 4.79 Å². The zero-order valence-corrected chi connectivity index (χ0v) is 18.5. The Morgan fingerprint density at radius 2 is 1.97 bits per heavy atom. The van der Waals surface area contributed by atoms with E-state index in [1.807, 2.05) is 51.1 Å². The molecule has 0 unspecified atom stereocenters. The molecule has 8 nitrogen and oxygen atoms in total. The summed E-state index contributed by atoms with van der Waals surface area (Å²) >= 11 is 0. The van der Waals surface area contributed by atoms with Crippen LogP contribution < -0.4 is 5.32 Å². The maximum Gasteiger partial charge on any atom is 0.408 e. The van der Waals surface area contributed by atoms with Crippen LogP contribution in [0.1, 0.15) is 75.8 Å². The van der Waals surface area contributed by atoms with Crippen LogP contribution >= 0.6 is 0 Å². The van der Waals surface area contributed by atoms with Crippen molar-refractivity contribution in [3.8, 4) is 0 Å². The van der Waals surface area contributed by atoms with Gasteiger partial charge >= 0.3 is 6.09 Å². The van der Waals surface area contributed by atoms with E-state index in [2.05, 4.69) is 15.4 Å². The Bertz CT molecular complexity index is 858. The Morgan fingerprint density at radius 3 is 2.68 bits per heavy atom. The number of aromatic nitrogens is 2. The lowest BCUT2D eigenvalue weighted by atomic mass is 10.1. The second kappa shape index (κ2) is 9.36. The van der Waals surface area contributed by atoms with E-state index in [-0.39, 0.29) is 6.04 Å². The van der Waals surface area contributed by atoms with Crippen LogP contribution in [0.4, 0.5) is 4.79 Å². The van der Waals surface area contributed by atoms with Gasteiger partial charge in [-0.3, -0.25) is 4.90 Å². The van der Waals surface area contributed by atoms with Crippen LogP contribution in [-0.4, -0.2) is 52.5 Å². The highest BCUT2D eigenvalue weighted by molar-refractivity contribution is 5.69. The number of hydrogen-bond acceptors (Lipinski definition) is 7. The van der Waals surface area contributed by atoms with Gasteiger partial charge in [0, 0.05) is 12.6 Å². The molecule has 1 aromatic carbocycles. The van der Waals surface area contributed by atoms with E-state index in [0.717, 1.165) is 18.7 Å². The summed E-state index contributed by atoms with van der Waals surface area (Å²) < 4.78 is 16.9. The SMILES string of the molecule is CC(C)(C)OC(=O)N[C@@H](c1ccccc1)c1noc([C@@H]2COCCN2C2CCCC2)n1. The maximum absolute atomic E-state index is 12.5. The summed E-state index contributed by atoms with van der Waals surface area (Å²) in [5.74, 6) is 0.942. The minimum atomic E-state index is -0.602. The molecule has 4 rings (SSSR count). The lowest BCUT2D eigenvalue weighted by Gasteiger charge is -2.37. The summed E-state index contributed by atoms with van der Waals surface area (Å²) in [7, 11) is 0. The molecule has 2 fully saturated rings. The number of benzene rings is 1. The third kappa shape index (κ3) is 5.43. The van der Waals surface area contributed by atoms with Crippen molar-refractivity contribution in [1.82, 2.24) is 20.4 Å². The fourth-order valence-electron chi connectivity index (χ4n) is 4.37. The molecule has 1 N–H and O–H groups in total. The lowest BCUT2D eigenvalue weighted by Crippen LogP contribution is -2.45. The first-order valence-electron chi connectivity index (χ1n) is 11.1. The molecule has 1 aliphatic carbocycles. The molecule has 2 aliphatic rings. The second-order valence-corrected chi connectivity index (χ2v) is 9.25. The summed E-state index contributed by atoms with van der Waals surface area (Å²) in [5.41, 5.74) is 0.253. The molecule has 1 saturated carbocycles. The van der Waals surface area contributed by atoms with Gasteiger partial charge in [-0.15, -0.1) is 0 Å². The predicted octanol–water partition coefficient (Wildman–Crippen LogP) is 4.00. The molecule has 0 radical (unpaired) electrons. The molecule has 2 atom stereocenters. The van der Waals surface area contributed by atoms with Crippen LogP contribution in [0.3, 0.4) is 0 Å². The van der Waals surface area contributed by atoms with Gasteiger partial charge in [-0.05, 0) is 39.2 Å². The van der Waals surface area contributed by atoms with Crippen molar-refractivity contribution in [2.75, 3.05) is 19.8 Å². The van der Waals surface area contributed by atoms with Crippen LogP contribution in [0, 0.1) is 0 Å². The minimum absolute atomic E-state index is 0.0592. The van der Waals surface area contributed by atoms with Gasteiger partial charge in [0.05, 0.1) is 13.2 Å². The number of carbonyl (C=O) groups excluding carboxylic acids is 1. The summed E-state index contributed by atoms with van der Waals surface area (Å²) in [5, 5.41) is 7.14. The van der Waals surface area contributed by atoms with Crippen molar-refractivity contribution in [3.05, 3.63) is 47.6 Å². The Kier molecular flexibility index (Phi) is 6.57. The lowest BCUT2D eigenvalue weighted by molar-refractivity contribution is -0.0397. The monoisotopic (exact) mass is 428 g/mol. The van der Waals surface area contributed by atoms with Gasteiger partial charge in [-0.2, -0.15) is 4.98 Å². The molecule has 1 aliphatic heterocycles. The van der Waals surface area contributed by atoms with Gasteiger partial charge in [-0.1, -0.05) is 48.3 Å². The third-order valence-electron chi connectivity index (χ3n) is 5.76. The molecule has 0 bridgehead atoms. The van der Waals surface area contributed by atoms with Crippen molar-refractivity contribution in [1.29, 1.82) is 0 Å². The summed E-state index contributed by atoms with van der Waals surface area (Å²) in [6.45, 7) is 7.62. The predicted molar refractivity (Wildman–Crippen MR) is 114 cm³/mol. The smallest absolute Gasteiger partial charge is 0.408 e. The van der Waals surface area contributed by atoms with E-state index in [1.165, 1.54) is 25.7 Å². The molecule has 8 heteroatoms. The van der Waals surface area contributed by atoms with E-state index in [1.54, 1.807) is 0 Å². The van der Waals surface area contributed by atoms with E-state index < -0.39 is 17.7 Å². The molecular formula is C23H32N4O4. The topological polar surface area (TPSA) is 89.7 Å². The first-order chi connectivity index (χ1) is 14.9. The highest BCUT2D eigenvalue weighted by Crippen LogP contribution is 2.33. The molecular weight excluding hydrogens is 396 g/mol. The van der Waals surface area contributed by atoms with Crippen molar-refractivity contribution in [2.45, 2.75) is 70.2 Å². The number of nitrogens with one attached hydrogen (secondary N) is 1. The highest BCUT2D eigenvalue weighted by Gasteiger charge is 2.36. The van der Waals surface area contributed by atoms with Crippen LogP contribution in [0.2, 0.25) is 0 Å². The standard InChI is InChI=1S/C23H32N4O4/c1-23(2,3)30-22(28)24-19(16-9-5-4-6-10-16)20-25-21(31-26-20)18-15-29-14-13-27(18)17-11-7-8-12-17/h4-6,9-10,17-19H,7-8,11-15H2,1-3H3,(H,24,28)/t18-,19-/m0/s1. The average Bonchev–Trinajstić information content (AvgIpc) is 3.44. The normalized spacial score (nSPS) is 21.7. The minimum Gasteiger partial charge on any atom is -0.444 e. The average molecular weight is 429 g/mol. The Morgan fingerprint density at radius 1 is 1.23 bits per heavy atom. The van der Waals surface area contributed by atoms with Crippen molar-refractivity contribution >= 4 is 6.09 Å². The maximum atomic E-state index is 12.5. The molecule has 0 spiro atoms. The molecule has 1 saturated heterocycles. The Labute approximate surface area is 183 Å². The number of hydrogen-bond donors (Lipinski definition) is 1. The van der Waals surface area contributed by atoms with E-state index >= 15 is 0 Å². The Hall–Kier alpha value is -2.45. The molecule has 31 heavy (non-hydrogen) atoms. The number of amides is 1. The van der Waals surface area contributed by atoms with Crippen LogP contribution in [0.15, 0.2) is 34.9 Å². The number of ether oxygens (including phenoxy) is 2. The van der Waals surface area contributed by atoms with Gasteiger partial charge in [0.25, 0.3) is 0 Å². The van der Waals surface area contributed by atoms with Crippen molar-refractivity contribution in [3.63, 3.8) is 0 Å². The number of alkyl carbamates (subject to hydrolysis) is 1. The van der Waals surface area contributed by atoms with Crippen molar-refractivity contribution < 1.29 is 18.8 Å². The summed E-state index contributed by atoms with van der Waals surface area (Å²) in [4.78, 5) is 19.7. The van der Waals surface area contributed by atoms with Crippen LogP contribution in [0.25, 0.3) is 0 Å². The van der Waals surface area contributed by atoms with Crippen LogP contribution in [0.5, 0.6) is 0 Å². The van der Waals surface area contributed by atoms with Gasteiger partial charge < -0.3 is 19.3 Å². The van der Waals surface area contributed by atoms with Gasteiger partial charge in [0.1, 0.15) is 17.7 Å². The Balaban J connectivity index is 1.57. The second-order valence-electron chi connectivity index (χ2n) is 9.25.